The number of carbonyl (C=O) groups excluding carboxylic acids is 3. The lowest BCUT2D eigenvalue weighted by atomic mass is 9.72. The topological polar surface area (TPSA) is 91.0 Å². The van der Waals surface area contributed by atoms with Crippen molar-refractivity contribution in [2.24, 2.45) is 5.41 Å². The van der Waals surface area contributed by atoms with Crippen molar-refractivity contribution in [1.29, 1.82) is 0 Å². The van der Waals surface area contributed by atoms with Crippen LogP contribution in [0.3, 0.4) is 0 Å². The van der Waals surface area contributed by atoms with Crippen molar-refractivity contribution in [2.45, 2.75) is 39.2 Å². The molecule has 0 bridgehead atoms. The predicted octanol–water partition coefficient (Wildman–Crippen LogP) is 0.182. The average molecular weight is 354 g/mol. The first-order valence-corrected chi connectivity index (χ1v) is 8.81. The van der Waals surface area contributed by atoms with E-state index < -0.39 is 11.7 Å². The van der Waals surface area contributed by atoms with Gasteiger partial charge in [0, 0.05) is 31.6 Å². The highest BCUT2D eigenvalue weighted by Gasteiger charge is 2.46. The van der Waals surface area contributed by atoms with Crippen molar-refractivity contribution in [3.8, 4) is 0 Å². The molecule has 8 nitrogen and oxygen atoms in total. The second-order valence-electron chi connectivity index (χ2n) is 8.02. The normalized spacial score (nSPS) is 19.4. The van der Waals surface area contributed by atoms with Crippen molar-refractivity contribution >= 4 is 17.9 Å². The summed E-state index contributed by atoms with van der Waals surface area (Å²) >= 11 is 0. The van der Waals surface area contributed by atoms with Crippen LogP contribution in [0.1, 0.15) is 33.6 Å². The standard InChI is InChI=1S/C17H30N4O4/c1-16(2,3)25-15(24)19-10-14(23)21-11-17(12-21)5-7-20(8-6-17)13(22)9-18-4/h18H,5-12H2,1-4H3,(H,19,24). The van der Waals surface area contributed by atoms with Gasteiger partial charge in [0.1, 0.15) is 12.1 Å². The highest BCUT2D eigenvalue weighted by Crippen LogP contribution is 2.40. The number of ether oxygens (including phenoxy) is 1. The van der Waals surface area contributed by atoms with E-state index in [1.165, 1.54) is 0 Å². The molecule has 2 fully saturated rings. The first-order chi connectivity index (χ1) is 11.6. The molecule has 8 heteroatoms. The highest BCUT2D eigenvalue weighted by atomic mass is 16.6. The number of nitrogens with one attached hydrogen (secondary N) is 2. The zero-order valence-electron chi connectivity index (χ0n) is 15.7. The zero-order chi connectivity index (χ0) is 18.7. The van der Waals surface area contributed by atoms with E-state index in [0.29, 0.717) is 19.6 Å². The van der Waals surface area contributed by atoms with Gasteiger partial charge in [0.05, 0.1) is 6.54 Å². The first-order valence-electron chi connectivity index (χ1n) is 8.81. The van der Waals surface area contributed by atoms with E-state index in [1.54, 1.807) is 32.7 Å². The van der Waals surface area contributed by atoms with Crippen LogP contribution in [0, 0.1) is 5.41 Å². The van der Waals surface area contributed by atoms with Crippen LogP contribution < -0.4 is 10.6 Å². The number of hydrogen-bond donors (Lipinski definition) is 2. The van der Waals surface area contributed by atoms with Gasteiger partial charge >= 0.3 is 6.09 Å². The smallest absolute Gasteiger partial charge is 0.408 e. The molecular weight excluding hydrogens is 324 g/mol. The Balaban J connectivity index is 1.69. The summed E-state index contributed by atoms with van der Waals surface area (Å²) in [7, 11) is 1.77. The second kappa shape index (κ2) is 7.59. The number of hydrogen-bond acceptors (Lipinski definition) is 5. The minimum atomic E-state index is -0.577. The van der Waals surface area contributed by atoms with Gasteiger partial charge in [0.25, 0.3) is 0 Å². The van der Waals surface area contributed by atoms with Gasteiger partial charge in [0.15, 0.2) is 0 Å². The van der Waals surface area contributed by atoms with Gasteiger partial charge in [-0.1, -0.05) is 0 Å². The molecule has 2 heterocycles. The molecule has 0 saturated carbocycles. The summed E-state index contributed by atoms with van der Waals surface area (Å²) in [5.74, 6) is 0.0383. The Kier molecular flexibility index (Phi) is 5.92. The van der Waals surface area contributed by atoms with Crippen LogP contribution in [0.15, 0.2) is 0 Å². The van der Waals surface area contributed by atoms with Crippen LogP contribution in [-0.2, 0) is 14.3 Å². The number of carbonyl (C=O) groups is 3. The molecular formula is C17H30N4O4. The predicted molar refractivity (Wildman–Crippen MR) is 93.0 cm³/mol. The molecule has 0 radical (unpaired) electrons. The van der Waals surface area contributed by atoms with Crippen LogP contribution in [0.4, 0.5) is 4.79 Å². The SMILES string of the molecule is CNCC(=O)N1CCC2(CC1)CN(C(=O)CNC(=O)OC(C)(C)C)C2. The number of amides is 3. The minimum Gasteiger partial charge on any atom is -0.444 e. The molecule has 0 aromatic carbocycles. The van der Waals surface area contributed by atoms with Crippen molar-refractivity contribution in [3.05, 3.63) is 0 Å². The first kappa shape index (κ1) is 19.5. The van der Waals surface area contributed by atoms with E-state index in [4.69, 9.17) is 4.74 Å². The molecule has 25 heavy (non-hydrogen) atoms. The van der Waals surface area contributed by atoms with Crippen LogP contribution in [-0.4, -0.2) is 79.6 Å². The van der Waals surface area contributed by atoms with E-state index in [-0.39, 0.29) is 23.8 Å². The second-order valence-corrected chi connectivity index (χ2v) is 8.02. The molecule has 0 aromatic heterocycles. The van der Waals surface area contributed by atoms with Gasteiger partial charge in [-0.3, -0.25) is 9.59 Å². The molecule has 0 unspecified atom stereocenters. The number of rotatable bonds is 4. The lowest BCUT2D eigenvalue weighted by Gasteiger charge is -2.54. The number of nitrogens with zero attached hydrogens (tertiary/aromatic N) is 2. The fourth-order valence-electron chi connectivity index (χ4n) is 3.32. The minimum absolute atomic E-state index is 0.0439. The van der Waals surface area contributed by atoms with Gasteiger partial charge in [0.2, 0.25) is 11.8 Å². The molecule has 0 aliphatic carbocycles. The van der Waals surface area contributed by atoms with Gasteiger partial charge in [-0.05, 0) is 40.7 Å². The summed E-state index contributed by atoms with van der Waals surface area (Å²) in [5.41, 5.74) is -0.440. The third kappa shape index (κ3) is 5.32. The zero-order valence-corrected chi connectivity index (χ0v) is 15.7. The number of alkyl carbamates (subject to hydrolysis) is 1. The Morgan fingerprint density at radius 3 is 2.08 bits per heavy atom. The van der Waals surface area contributed by atoms with Crippen molar-refractivity contribution in [2.75, 3.05) is 46.3 Å². The van der Waals surface area contributed by atoms with Crippen molar-refractivity contribution < 1.29 is 19.1 Å². The lowest BCUT2D eigenvalue weighted by molar-refractivity contribution is -0.149. The van der Waals surface area contributed by atoms with Gasteiger partial charge < -0.3 is 25.2 Å². The molecule has 2 N–H and O–H groups in total. The maximum atomic E-state index is 12.2. The van der Waals surface area contributed by atoms with E-state index in [1.807, 2.05) is 4.90 Å². The number of likely N-dealkylation sites (N-methyl/N-ethyl adjacent to an activating group) is 1. The number of likely N-dealkylation sites (tertiary alicyclic amines) is 2. The van der Waals surface area contributed by atoms with E-state index in [9.17, 15) is 14.4 Å². The van der Waals surface area contributed by atoms with Gasteiger partial charge in [-0.25, -0.2) is 4.79 Å². The Morgan fingerprint density at radius 1 is 1.00 bits per heavy atom. The van der Waals surface area contributed by atoms with Crippen molar-refractivity contribution in [1.82, 2.24) is 20.4 Å². The summed E-state index contributed by atoms with van der Waals surface area (Å²) in [6.45, 7) is 8.57. The monoisotopic (exact) mass is 354 g/mol. The quantitative estimate of drug-likeness (QED) is 0.752. The molecule has 2 aliphatic rings. The van der Waals surface area contributed by atoms with E-state index in [0.717, 1.165) is 25.9 Å². The van der Waals surface area contributed by atoms with Crippen LogP contribution in [0.5, 0.6) is 0 Å². The summed E-state index contributed by atoms with van der Waals surface area (Å²) in [5, 5.41) is 5.39. The van der Waals surface area contributed by atoms with E-state index in [2.05, 4.69) is 10.6 Å². The summed E-state index contributed by atoms with van der Waals surface area (Å²) in [6, 6.07) is 0. The maximum Gasteiger partial charge on any atom is 0.408 e. The summed E-state index contributed by atoms with van der Waals surface area (Å²) in [6.07, 6.45) is 1.27. The van der Waals surface area contributed by atoms with Gasteiger partial charge in [-0.15, -0.1) is 0 Å². The number of piperidine rings is 1. The molecule has 3 amide bonds. The molecule has 142 valence electrons. The van der Waals surface area contributed by atoms with Crippen LogP contribution in [0.25, 0.3) is 0 Å². The summed E-state index contributed by atoms with van der Waals surface area (Å²) < 4.78 is 5.12. The molecule has 0 aromatic rings. The highest BCUT2D eigenvalue weighted by molar-refractivity contribution is 5.83. The Morgan fingerprint density at radius 2 is 1.56 bits per heavy atom. The average Bonchev–Trinajstić information content (AvgIpc) is 2.49. The lowest BCUT2D eigenvalue weighted by Crippen LogP contribution is -2.63. The van der Waals surface area contributed by atoms with Crippen LogP contribution in [0.2, 0.25) is 0 Å². The molecule has 0 atom stereocenters. The molecule has 1 spiro atoms. The van der Waals surface area contributed by atoms with E-state index >= 15 is 0 Å². The van der Waals surface area contributed by atoms with Crippen molar-refractivity contribution in [3.63, 3.8) is 0 Å². The fourth-order valence-corrected chi connectivity index (χ4v) is 3.32. The van der Waals surface area contributed by atoms with Crippen LogP contribution >= 0.6 is 0 Å². The fraction of sp³-hybridized carbons (Fsp3) is 0.824. The Labute approximate surface area is 149 Å². The summed E-state index contributed by atoms with van der Waals surface area (Å²) in [4.78, 5) is 39.3. The maximum absolute atomic E-state index is 12.2. The molecule has 2 aliphatic heterocycles. The largest absolute Gasteiger partial charge is 0.444 e. The Bertz CT molecular complexity index is 513. The molecule has 2 rings (SSSR count). The van der Waals surface area contributed by atoms with Gasteiger partial charge in [-0.2, -0.15) is 0 Å². The molecule has 2 saturated heterocycles. The third-order valence-electron chi connectivity index (χ3n) is 4.69. The Hall–Kier alpha value is -1.83. The third-order valence-corrected chi connectivity index (χ3v) is 4.69.